The standard InChI is InChI=1S/C65H55BN2O2/c1-62(2,3)38-19-21-39(22-20-38)68-54-32-44-43-30-50-51(64(6,7)26-25-63(50,4)5)33-49(43)65(8,9)48(44)31-46(54)41-23-24-42-45-29-47-40-17-13-14-18-56(40)69-59(47)34-53(45)67-55-35-58-37(27-52(55)66(68)60(41)61(42)67)28-57(70-58)36-15-11-10-12-16-36/h10-24,27-35H,25-26H2,1-9H3. The van der Waals surface area contributed by atoms with Crippen LogP contribution in [0.3, 0.4) is 0 Å². The molecule has 0 spiro atoms. The topological polar surface area (TPSA) is 34.5 Å². The highest BCUT2D eigenvalue weighted by atomic mass is 16.3. The molecule has 11 aromatic rings. The molecule has 0 saturated heterocycles. The Hall–Kier alpha value is -7.24. The predicted molar refractivity (Wildman–Crippen MR) is 294 cm³/mol. The monoisotopic (exact) mass is 906 g/mol. The Morgan fingerprint density at radius 2 is 1.21 bits per heavy atom. The maximum atomic E-state index is 6.85. The second kappa shape index (κ2) is 13.1. The fraction of sp³-hybridized carbons (Fsp3) is 0.231. The maximum Gasteiger partial charge on any atom is 0.333 e. The third kappa shape index (κ3) is 5.23. The highest BCUT2D eigenvalue weighted by molar-refractivity contribution is 6.94. The Bertz CT molecular complexity index is 4130. The first-order valence-corrected chi connectivity index (χ1v) is 25.4. The van der Waals surface area contributed by atoms with E-state index in [2.05, 4.69) is 217 Å². The molecule has 5 heterocycles. The molecule has 3 aromatic heterocycles. The van der Waals surface area contributed by atoms with Crippen molar-refractivity contribution in [1.29, 1.82) is 0 Å². The number of para-hydroxylation sites is 1. The molecule has 0 bridgehead atoms. The first kappa shape index (κ1) is 40.6. The minimum absolute atomic E-state index is 0.0148. The van der Waals surface area contributed by atoms with Crippen LogP contribution >= 0.6 is 0 Å². The van der Waals surface area contributed by atoms with Gasteiger partial charge in [0.25, 0.3) is 0 Å². The molecule has 4 nitrogen and oxygen atoms in total. The minimum atomic E-state index is -0.189. The molecular formula is C65H55BN2O2. The van der Waals surface area contributed by atoms with Gasteiger partial charge in [-0.1, -0.05) is 147 Å². The van der Waals surface area contributed by atoms with Crippen molar-refractivity contribution in [3.63, 3.8) is 0 Å². The van der Waals surface area contributed by atoms with Gasteiger partial charge in [0.15, 0.2) is 0 Å². The molecule has 340 valence electrons. The van der Waals surface area contributed by atoms with E-state index in [1.165, 1.54) is 102 Å². The van der Waals surface area contributed by atoms with Crippen molar-refractivity contribution in [3.05, 3.63) is 173 Å². The van der Waals surface area contributed by atoms with Gasteiger partial charge in [-0.2, -0.15) is 0 Å². The van der Waals surface area contributed by atoms with Gasteiger partial charge in [0.05, 0.1) is 11.0 Å². The Labute approximate surface area is 409 Å². The number of nitrogens with zero attached hydrogens (tertiary/aromatic N) is 2. The molecular weight excluding hydrogens is 852 g/mol. The van der Waals surface area contributed by atoms with Crippen LogP contribution in [0, 0.1) is 0 Å². The Balaban J connectivity index is 1.07. The summed E-state index contributed by atoms with van der Waals surface area (Å²) in [5, 5.41) is 5.85. The number of benzene rings is 8. The van der Waals surface area contributed by atoms with Crippen molar-refractivity contribution in [2.75, 3.05) is 4.81 Å². The second-order valence-corrected chi connectivity index (χ2v) is 24.0. The Kier molecular flexibility index (Phi) is 7.62. The van der Waals surface area contributed by atoms with Gasteiger partial charge >= 0.3 is 6.85 Å². The molecule has 0 unspecified atom stereocenters. The van der Waals surface area contributed by atoms with Gasteiger partial charge in [0.1, 0.15) is 22.5 Å². The summed E-state index contributed by atoms with van der Waals surface area (Å²) in [5.74, 6) is 0.872. The lowest BCUT2D eigenvalue weighted by Crippen LogP contribution is -2.60. The van der Waals surface area contributed by atoms with E-state index in [1.807, 2.05) is 0 Å². The van der Waals surface area contributed by atoms with Crippen LogP contribution in [0.15, 0.2) is 154 Å². The van der Waals surface area contributed by atoms with Crippen LogP contribution in [0.2, 0.25) is 0 Å². The van der Waals surface area contributed by atoms with Gasteiger partial charge < -0.3 is 18.2 Å². The summed E-state index contributed by atoms with van der Waals surface area (Å²) in [6.45, 7) is 21.6. The van der Waals surface area contributed by atoms with Crippen LogP contribution < -0.4 is 15.7 Å². The number of rotatable bonds is 2. The fourth-order valence-corrected chi connectivity index (χ4v) is 13.6. The molecule has 0 saturated carbocycles. The summed E-state index contributed by atoms with van der Waals surface area (Å²) in [7, 11) is 0. The summed E-state index contributed by atoms with van der Waals surface area (Å²) in [4.78, 5) is 2.70. The number of fused-ring (bicyclic) bond motifs is 16. The zero-order valence-corrected chi connectivity index (χ0v) is 41.6. The number of hydrogen-bond donors (Lipinski definition) is 0. The Morgan fingerprint density at radius 3 is 1.99 bits per heavy atom. The van der Waals surface area contributed by atoms with E-state index in [0.29, 0.717) is 0 Å². The summed E-state index contributed by atoms with van der Waals surface area (Å²) in [6, 6.07) is 55.4. The third-order valence-corrected chi connectivity index (χ3v) is 17.6. The molecule has 0 amide bonds. The van der Waals surface area contributed by atoms with Crippen LogP contribution in [0.1, 0.15) is 103 Å². The van der Waals surface area contributed by atoms with Crippen LogP contribution in [0.5, 0.6) is 0 Å². The highest BCUT2D eigenvalue weighted by Crippen LogP contribution is 2.58. The van der Waals surface area contributed by atoms with Crippen LogP contribution in [0.4, 0.5) is 11.4 Å². The first-order chi connectivity index (χ1) is 33.5. The number of anilines is 2. The summed E-state index contributed by atoms with van der Waals surface area (Å²) in [5.41, 5.74) is 24.9. The molecule has 70 heavy (non-hydrogen) atoms. The van der Waals surface area contributed by atoms with Gasteiger partial charge in [-0.3, -0.25) is 0 Å². The minimum Gasteiger partial charge on any atom is -0.456 e. The average Bonchev–Trinajstić information content (AvgIpc) is 4.08. The van der Waals surface area contributed by atoms with Gasteiger partial charge in [-0.15, -0.1) is 0 Å². The van der Waals surface area contributed by atoms with E-state index in [9.17, 15) is 0 Å². The van der Waals surface area contributed by atoms with Crippen LogP contribution in [-0.4, -0.2) is 11.4 Å². The van der Waals surface area contributed by atoms with Crippen molar-refractivity contribution >= 4 is 83.9 Å². The van der Waals surface area contributed by atoms with Crippen molar-refractivity contribution in [2.24, 2.45) is 0 Å². The fourth-order valence-electron chi connectivity index (χ4n) is 13.6. The maximum absolute atomic E-state index is 6.85. The molecule has 5 heteroatoms. The molecule has 0 atom stereocenters. The molecule has 0 N–H and O–H groups in total. The zero-order valence-electron chi connectivity index (χ0n) is 41.6. The van der Waals surface area contributed by atoms with Crippen LogP contribution in [-0.2, 0) is 21.7 Å². The largest absolute Gasteiger partial charge is 0.456 e. The lowest BCUT2D eigenvalue weighted by molar-refractivity contribution is 0.331. The number of aromatic nitrogens is 1. The number of hydrogen-bond acceptors (Lipinski definition) is 3. The van der Waals surface area contributed by atoms with E-state index in [4.69, 9.17) is 8.83 Å². The first-order valence-electron chi connectivity index (χ1n) is 25.4. The van der Waals surface area contributed by atoms with E-state index in [0.717, 1.165) is 55.4 Å². The highest BCUT2D eigenvalue weighted by Gasteiger charge is 2.48. The lowest BCUT2D eigenvalue weighted by atomic mass is 9.44. The number of furan rings is 2. The van der Waals surface area contributed by atoms with Crippen molar-refractivity contribution in [3.8, 4) is 39.3 Å². The summed E-state index contributed by atoms with van der Waals surface area (Å²) >= 11 is 0. The van der Waals surface area contributed by atoms with Gasteiger partial charge in [-0.25, -0.2) is 0 Å². The van der Waals surface area contributed by atoms with Gasteiger partial charge in [0.2, 0.25) is 0 Å². The third-order valence-electron chi connectivity index (χ3n) is 17.6. The van der Waals surface area contributed by atoms with Crippen molar-refractivity contribution < 1.29 is 8.83 Å². The van der Waals surface area contributed by atoms with Crippen molar-refractivity contribution in [1.82, 2.24) is 4.57 Å². The van der Waals surface area contributed by atoms with Crippen molar-refractivity contribution in [2.45, 2.75) is 96.8 Å². The van der Waals surface area contributed by atoms with Gasteiger partial charge in [-0.05, 0) is 133 Å². The second-order valence-electron chi connectivity index (χ2n) is 24.0. The molecule has 2 aliphatic heterocycles. The van der Waals surface area contributed by atoms with E-state index in [-0.39, 0.29) is 28.5 Å². The Morgan fingerprint density at radius 1 is 0.514 bits per heavy atom. The molecule has 0 radical (unpaired) electrons. The normalized spacial score (nSPS) is 16.8. The zero-order chi connectivity index (χ0) is 47.5. The molecule has 8 aromatic carbocycles. The molecule has 4 aliphatic rings. The average molecular weight is 907 g/mol. The quantitative estimate of drug-likeness (QED) is 0.162. The molecule has 15 rings (SSSR count). The van der Waals surface area contributed by atoms with E-state index in [1.54, 1.807) is 0 Å². The van der Waals surface area contributed by atoms with E-state index >= 15 is 0 Å². The van der Waals surface area contributed by atoms with E-state index < -0.39 is 0 Å². The SMILES string of the molecule is CC(C)(C)c1ccc(N2B3c4cc5cc(-c6ccccc6)oc5cc4-n4c5cc6oc7ccccc7c6cc5c5ccc(c3c54)-c3cc4c(cc32)-c2cc3c(cc2C4(C)C)C(C)(C)CCC3(C)C)cc1. The molecule has 2 aliphatic carbocycles. The smallest absolute Gasteiger partial charge is 0.333 e. The van der Waals surface area contributed by atoms with Crippen LogP contribution in [0.25, 0.3) is 94.0 Å². The lowest BCUT2D eigenvalue weighted by Gasteiger charge is -2.42. The predicted octanol–water partition coefficient (Wildman–Crippen LogP) is 16.3. The van der Waals surface area contributed by atoms with Gasteiger partial charge in [0, 0.05) is 72.7 Å². The molecule has 0 fully saturated rings. The summed E-state index contributed by atoms with van der Waals surface area (Å²) < 4.78 is 16.0. The summed E-state index contributed by atoms with van der Waals surface area (Å²) in [6.07, 6.45) is 2.39.